The van der Waals surface area contributed by atoms with Gasteiger partial charge in [-0.05, 0) is 42.0 Å². The van der Waals surface area contributed by atoms with E-state index in [-0.39, 0.29) is 11.7 Å². The third-order valence-electron chi connectivity index (χ3n) is 3.01. The number of fused-ring (bicyclic) bond motifs is 1. The molecular weight excluding hydrogens is 293 g/mol. The highest BCUT2D eigenvalue weighted by atomic mass is 32.1. The summed E-state index contributed by atoms with van der Waals surface area (Å²) in [4.78, 5) is 23.7. The molecule has 0 bridgehead atoms. The summed E-state index contributed by atoms with van der Waals surface area (Å²) in [5, 5.41) is 12.3. The fourth-order valence-electron chi connectivity index (χ4n) is 2.05. The molecule has 0 fully saturated rings. The Balaban J connectivity index is 2.19. The van der Waals surface area contributed by atoms with Gasteiger partial charge in [0.25, 0.3) is 5.91 Å². The number of rotatable bonds is 5. The van der Waals surface area contributed by atoms with Crippen molar-refractivity contribution in [3.05, 3.63) is 35.0 Å². The van der Waals surface area contributed by atoms with Crippen molar-refractivity contribution >= 4 is 33.3 Å². The molecule has 0 radical (unpaired) electrons. The van der Waals surface area contributed by atoms with Crippen molar-refractivity contribution in [2.24, 2.45) is 5.92 Å². The molecule has 6 heteroatoms. The number of thiophene rings is 1. The fourth-order valence-corrected chi connectivity index (χ4v) is 2.99. The molecule has 0 spiro atoms. The molecular formula is C15H16FNO3S. The third-order valence-corrected chi connectivity index (χ3v) is 4.13. The Kier molecular flexibility index (Phi) is 4.57. The molecule has 0 aliphatic carbocycles. The second kappa shape index (κ2) is 6.22. The summed E-state index contributed by atoms with van der Waals surface area (Å²) in [5.41, 5.74) is 0. The molecule has 1 amide bonds. The van der Waals surface area contributed by atoms with Crippen LogP contribution < -0.4 is 5.32 Å². The number of amides is 1. The van der Waals surface area contributed by atoms with E-state index < -0.39 is 17.9 Å². The zero-order chi connectivity index (χ0) is 15.6. The Labute approximate surface area is 125 Å². The van der Waals surface area contributed by atoms with Gasteiger partial charge in [-0.1, -0.05) is 13.8 Å². The molecule has 2 rings (SSSR count). The van der Waals surface area contributed by atoms with E-state index in [1.165, 1.54) is 23.5 Å². The average molecular weight is 309 g/mol. The Bertz CT molecular complexity index is 681. The molecule has 0 saturated heterocycles. The Morgan fingerprint density at radius 2 is 2.05 bits per heavy atom. The molecule has 0 aliphatic rings. The van der Waals surface area contributed by atoms with Gasteiger partial charge in [0.2, 0.25) is 0 Å². The zero-order valence-corrected chi connectivity index (χ0v) is 12.5. The molecule has 1 aromatic heterocycles. The van der Waals surface area contributed by atoms with E-state index in [1.807, 2.05) is 13.8 Å². The van der Waals surface area contributed by atoms with Gasteiger partial charge in [-0.25, -0.2) is 9.18 Å². The maximum Gasteiger partial charge on any atom is 0.326 e. The number of hydrogen-bond acceptors (Lipinski definition) is 3. The highest BCUT2D eigenvalue weighted by Gasteiger charge is 2.22. The lowest BCUT2D eigenvalue weighted by molar-refractivity contribution is -0.139. The average Bonchev–Trinajstić information content (AvgIpc) is 2.80. The third kappa shape index (κ3) is 3.78. The molecule has 4 nitrogen and oxygen atoms in total. The summed E-state index contributed by atoms with van der Waals surface area (Å²) in [6.45, 7) is 3.79. The normalized spacial score (nSPS) is 12.6. The lowest BCUT2D eigenvalue weighted by Crippen LogP contribution is -2.41. The van der Waals surface area contributed by atoms with E-state index in [1.54, 1.807) is 12.1 Å². The summed E-state index contributed by atoms with van der Waals surface area (Å²) in [7, 11) is 0. The van der Waals surface area contributed by atoms with Gasteiger partial charge in [0.05, 0.1) is 4.88 Å². The van der Waals surface area contributed by atoms with Crippen LogP contribution in [-0.2, 0) is 4.79 Å². The predicted octanol–water partition coefficient (Wildman–Crippen LogP) is 3.27. The van der Waals surface area contributed by atoms with Gasteiger partial charge in [-0.15, -0.1) is 11.3 Å². The molecule has 2 aromatic rings. The first-order valence-corrected chi connectivity index (χ1v) is 7.41. The van der Waals surface area contributed by atoms with Gasteiger partial charge in [-0.3, -0.25) is 4.79 Å². The van der Waals surface area contributed by atoms with Crippen LogP contribution in [0.1, 0.15) is 29.9 Å². The van der Waals surface area contributed by atoms with E-state index in [4.69, 9.17) is 5.11 Å². The maximum atomic E-state index is 13.1. The second-order valence-electron chi connectivity index (χ2n) is 5.29. The Morgan fingerprint density at radius 1 is 1.33 bits per heavy atom. The van der Waals surface area contributed by atoms with Crippen LogP contribution in [0.15, 0.2) is 24.3 Å². The highest BCUT2D eigenvalue weighted by molar-refractivity contribution is 7.20. The standard InChI is InChI=1S/C15H16FNO3S/c1-8(2)5-11(15(19)20)17-14(18)13-7-9-6-10(16)3-4-12(9)21-13/h3-4,6-8,11H,5H2,1-2H3,(H,17,18)(H,19,20)/t11-/m1/s1. The molecule has 21 heavy (non-hydrogen) atoms. The number of carboxylic acids is 1. The number of nitrogens with one attached hydrogen (secondary N) is 1. The summed E-state index contributed by atoms with van der Waals surface area (Å²) >= 11 is 1.22. The van der Waals surface area contributed by atoms with E-state index in [0.29, 0.717) is 16.7 Å². The number of aliphatic carboxylic acids is 1. The quantitative estimate of drug-likeness (QED) is 0.891. The molecule has 1 atom stereocenters. The van der Waals surface area contributed by atoms with Gasteiger partial charge in [0.15, 0.2) is 0 Å². The lowest BCUT2D eigenvalue weighted by Gasteiger charge is -2.15. The van der Waals surface area contributed by atoms with Gasteiger partial charge in [0, 0.05) is 4.70 Å². The van der Waals surface area contributed by atoms with Crippen LogP contribution in [0.5, 0.6) is 0 Å². The van der Waals surface area contributed by atoms with Crippen molar-refractivity contribution < 1.29 is 19.1 Å². The minimum Gasteiger partial charge on any atom is -0.480 e. The maximum absolute atomic E-state index is 13.1. The van der Waals surface area contributed by atoms with Gasteiger partial charge in [-0.2, -0.15) is 0 Å². The first-order valence-electron chi connectivity index (χ1n) is 6.59. The molecule has 0 aliphatic heterocycles. The number of halogens is 1. The van der Waals surface area contributed by atoms with Crippen LogP contribution in [0.4, 0.5) is 4.39 Å². The second-order valence-corrected chi connectivity index (χ2v) is 6.37. The molecule has 0 saturated carbocycles. The fraction of sp³-hybridized carbons (Fsp3) is 0.333. The van der Waals surface area contributed by atoms with Crippen LogP contribution in [0, 0.1) is 11.7 Å². The van der Waals surface area contributed by atoms with Crippen LogP contribution in [0.3, 0.4) is 0 Å². The smallest absolute Gasteiger partial charge is 0.326 e. The van der Waals surface area contributed by atoms with Crippen molar-refractivity contribution in [1.82, 2.24) is 5.32 Å². The monoisotopic (exact) mass is 309 g/mol. The topological polar surface area (TPSA) is 66.4 Å². The molecule has 0 unspecified atom stereocenters. The first-order chi connectivity index (χ1) is 9.86. The summed E-state index contributed by atoms with van der Waals surface area (Å²) in [6.07, 6.45) is 0.362. The Morgan fingerprint density at radius 3 is 2.67 bits per heavy atom. The Hall–Kier alpha value is -1.95. The van der Waals surface area contributed by atoms with Gasteiger partial charge >= 0.3 is 5.97 Å². The predicted molar refractivity (Wildman–Crippen MR) is 80.1 cm³/mol. The number of carbonyl (C=O) groups is 2. The summed E-state index contributed by atoms with van der Waals surface area (Å²) < 4.78 is 13.9. The number of hydrogen-bond donors (Lipinski definition) is 2. The van der Waals surface area contributed by atoms with Crippen LogP contribution in [0.2, 0.25) is 0 Å². The van der Waals surface area contributed by atoms with E-state index >= 15 is 0 Å². The molecule has 1 heterocycles. The highest BCUT2D eigenvalue weighted by Crippen LogP contribution is 2.26. The number of benzene rings is 1. The van der Waals surface area contributed by atoms with Gasteiger partial charge in [0.1, 0.15) is 11.9 Å². The van der Waals surface area contributed by atoms with Crippen molar-refractivity contribution in [2.45, 2.75) is 26.3 Å². The summed E-state index contributed by atoms with van der Waals surface area (Å²) in [5.74, 6) is -1.70. The largest absolute Gasteiger partial charge is 0.480 e. The molecule has 112 valence electrons. The van der Waals surface area contributed by atoms with E-state index in [0.717, 1.165) is 4.70 Å². The number of carbonyl (C=O) groups excluding carboxylic acids is 1. The van der Waals surface area contributed by atoms with Crippen molar-refractivity contribution in [3.63, 3.8) is 0 Å². The molecule has 2 N–H and O–H groups in total. The van der Waals surface area contributed by atoms with E-state index in [2.05, 4.69) is 5.32 Å². The lowest BCUT2D eigenvalue weighted by atomic mass is 10.0. The number of carboxylic acid groups (broad SMARTS) is 1. The van der Waals surface area contributed by atoms with Crippen molar-refractivity contribution in [1.29, 1.82) is 0 Å². The van der Waals surface area contributed by atoms with Crippen LogP contribution in [0.25, 0.3) is 10.1 Å². The minimum absolute atomic E-state index is 0.155. The van der Waals surface area contributed by atoms with Crippen molar-refractivity contribution in [2.75, 3.05) is 0 Å². The van der Waals surface area contributed by atoms with Gasteiger partial charge < -0.3 is 10.4 Å². The zero-order valence-electron chi connectivity index (χ0n) is 11.7. The van der Waals surface area contributed by atoms with Crippen LogP contribution >= 0.6 is 11.3 Å². The summed E-state index contributed by atoms with van der Waals surface area (Å²) in [6, 6.07) is 4.95. The SMILES string of the molecule is CC(C)C[C@@H](NC(=O)c1cc2cc(F)ccc2s1)C(=O)O. The minimum atomic E-state index is -1.05. The first kappa shape index (κ1) is 15.4. The van der Waals surface area contributed by atoms with E-state index in [9.17, 15) is 14.0 Å². The van der Waals surface area contributed by atoms with Crippen molar-refractivity contribution in [3.8, 4) is 0 Å². The molecule has 1 aromatic carbocycles. The van der Waals surface area contributed by atoms with Crippen LogP contribution in [-0.4, -0.2) is 23.0 Å².